The third-order valence-electron chi connectivity index (χ3n) is 2.18. The van der Waals surface area contributed by atoms with Crippen molar-refractivity contribution in [3.05, 3.63) is 5.01 Å². The van der Waals surface area contributed by atoms with E-state index < -0.39 is 6.17 Å². The molecule has 3 nitrogen and oxygen atoms in total. The fourth-order valence-electron chi connectivity index (χ4n) is 1.24. The summed E-state index contributed by atoms with van der Waals surface area (Å²) in [6, 6.07) is 0. The molecule has 1 aromatic rings. The van der Waals surface area contributed by atoms with Gasteiger partial charge in [-0.3, -0.25) is 0 Å². The smallest absolute Gasteiger partial charge is 0.237 e. The molecular formula is C9H14FN3S. The molecule has 1 fully saturated rings. The fourth-order valence-corrected chi connectivity index (χ4v) is 1.96. The molecule has 2 rings (SSSR count). The summed E-state index contributed by atoms with van der Waals surface area (Å²) in [6.07, 6.45) is -0.698. The molecule has 1 aromatic heterocycles. The quantitative estimate of drug-likeness (QED) is 0.717. The molecule has 1 aliphatic rings. The van der Waals surface area contributed by atoms with E-state index in [9.17, 15) is 4.39 Å². The first-order valence-electron chi connectivity index (χ1n) is 4.70. The summed E-state index contributed by atoms with van der Waals surface area (Å²) in [6.45, 7) is 7.20. The van der Waals surface area contributed by atoms with Crippen molar-refractivity contribution in [3.63, 3.8) is 0 Å². The van der Waals surface area contributed by atoms with Gasteiger partial charge in [-0.2, -0.15) is 4.37 Å². The van der Waals surface area contributed by atoms with E-state index in [0.29, 0.717) is 19.0 Å². The van der Waals surface area contributed by atoms with Gasteiger partial charge in [0.05, 0.1) is 13.1 Å². The Bertz CT molecular complexity index is 325. The van der Waals surface area contributed by atoms with Crippen LogP contribution in [0.4, 0.5) is 10.3 Å². The average molecular weight is 215 g/mol. The monoisotopic (exact) mass is 215 g/mol. The Labute approximate surface area is 87.1 Å². The van der Waals surface area contributed by atoms with Gasteiger partial charge in [-0.15, -0.1) is 0 Å². The molecule has 0 atom stereocenters. The Morgan fingerprint density at radius 2 is 2.07 bits per heavy atom. The summed E-state index contributed by atoms with van der Waals surface area (Å²) in [5.41, 5.74) is 0.0376. The van der Waals surface area contributed by atoms with Crippen molar-refractivity contribution in [2.24, 2.45) is 0 Å². The number of hydrogen-bond acceptors (Lipinski definition) is 4. The van der Waals surface area contributed by atoms with E-state index in [1.54, 1.807) is 0 Å². The standard InChI is InChI=1S/C9H14FN3S/c1-9(2,3)7-11-8(12-14-7)13-4-6(10)5-13/h6H,4-5H2,1-3H3. The highest BCUT2D eigenvalue weighted by Gasteiger charge is 2.30. The lowest BCUT2D eigenvalue weighted by atomic mass is 9.98. The Balaban J connectivity index is 2.11. The molecule has 0 amide bonds. The predicted octanol–water partition coefficient (Wildman–Crippen LogP) is 1.99. The Kier molecular flexibility index (Phi) is 2.21. The van der Waals surface area contributed by atoms with E-state index in [4.69, 9.17) is 0 Å². The summed E-state index contributed by atoms with van der Waals surface area (Å²) < 4.78 is 16.8. The second kappa shape index (κ2) is 3.15. The molecular weight excluding hydrogens is 201 g/mol. The predicted molar refractivity (Wildman–Crippen MR) is 55.7 cm³/mol. The van der Waals surface area contributed by atoms with Crippen molar-refractivity contribution in [1.29, 1.82) is 0 Å². The first-order valence-corrected chi connectivity index (χ1v) is 5.47. The minimum atomic E-state index is -0.698. The Morgan fingerprint density at radius 3 is 2.50 bits per heavy atom. The summed E-state index contributed by atoms with van der Waals surface area (Å²) in [4.78, 5) is 6.28. The molecule has 0 aliphatic carbocycles. The number of aromatic nitrogens is 2. The van der Waals surface area contributed by atoms with Crippen LogP contribution >= 0.6 is 11.5 Å². The lowest BCUT2D eigenvalue weighted by Gasteiger charge is -2.33. The number of anilines is 1. The van der Waals surface area contributed by atoms with Gasteiger partial charge in [0.25, 0.3) is 0 Å². The van der Waals surface area contributed by atoms with Crippen LogP contribution in [-0.4, -0.2) is 28.6 Å². The van der Waals surface area contributed by atoms with Crippen LogP contribution in [0.3, 0.4) is 0 Å². The van der Waals surface area contributed by atoms with E-state index in [0.717, 1.165) is 5.01 Å². The van der Waals surface area contributed by atoms with Gasteiger partial charge in [-0.1, -0.05) is 20.8 Å². The number of halogens is 1. The maximum absolute atomic E-state index is 12.6. The van der Waals surface area contributed by atoms with E-state index in [-0.39, 0.29) is 5.41 Å². The van der Waals surface area contributed by atoms with Gasteiger partial charge in [0, 0.05) is 5.41 Å². The average Bonchev–Trinajstić information content (AvgIpc) is 2.45. The van der Waals surface area contributed by atoms with Crippen molar-refractivity contribution in [2.45, 2.75) is 32.4 Å². The summed E-state index contributed by atoms with van der Waals surface area (Å²) in [5, 5.41) is 1.01. The van der Waals surface area contributed by atoms with Gasteiger partial charge < -0.3 is 4.90 Å². The van der Waals surface area contributed by atoms with Gasteiger partial charge >= 0.3 is 0 Å². The maximum atomic E-state index is 12.6. The second-order valence-electron chi connectivity index (χ2n) is 4.65. The van der Waals surface area contributed by atoms with Crippen LogP contribution in [0.25, 0.3) is 0 Å². The van der Waals surface area contributed by atoms with Crippen molar-refractivity contribution in [3.8, 4) is 0 Å². The minimum Gasteiger partial charge on any atom is -0.334 e. The highest BCUT2D eigenvalue weighted by Crippen LogP contribution is 2.28. The molecule has 0 saturated carbocycles. The van der Waals surface area contributed by atoms with Gasteiger partial charge in [0.2, 0.25) is 5.95 Å². The van der Waals surface area contributed by atoms with E-state index in [1.807, 2.05) is 4.90 Å². The first kappa shape index (κ1) is 9.83. The van der Waals surface area contributed by atoms with Gasteiger partial charge in [-0.05, 0) is 11.5 Å². The fraction of sp³-hybridized carbons (Fsp3) is 0.778. The molecule has 0 spiro atoms. The lowest BCUT2D eigenvalue weighted by Crippen LogP contribution is -2.49. The zero-order valence-corrected chi connectivity index (χ0v) is 9.44. The van der Waals surface area contributed by atoms with Crippen LogP contribution < -0.4 is 4.90 Å². The van der Waals surface area contributed by atoms with E-state index >= 15 is 0 Å². The number of nitrogens with zero attached hydrogens (tertiary/aromatic N) is 3. The number of rotatable bonds is 1. The van der Waals surface area contributed by atoms with Crippen molar-refractivity contribution < 1.29 is 4.39 Å². The molecule has 0 N–H and O–H groups in total. The van der Waals surface area contributed by atoms with Gasteiger partial charge in [-0.25, -0.2) is 9.37 Å². The normalized spacial score (nSPS) is 18.4. The van der Waals surface area contributed by atoms with Crippen LogP contribution in [0.1, 0.15) is 25.8 Å². The highest BCUT2D eigenvalue weighted by molar-refractivity contribution is 7.05. The minimum absolute atomic E-state index is 0.0376. The highest BCUT2D eigenvalue weighted by atomic mass is 32.1. The number of alkyl halides is 1. The topological polar surface area (TPSA) is 29.0 Å². The molecule has 5 heteroatoms. The molecule has 78 valence electrons. The zero-order chi connectivity index (χ0) is 10.3. The third kappa shape index (κ3) is 1.73. The lowest BCUT2D eigenvalue weighted by molar-refractivity contribution is 0.272. The summed E-state index contributed by atoms with van der Waals surface area (Å²) in [7, 11) is 0. The molecule has 1 saturated heterocycles. The van der Waals surface area contributed by atoms with Gasteiger partial charge in [0.1, 0.15) is 11.2 Å². The van der Waals surface area contributed by atoms with Crippen LogP contribution in [0, 0.1) is 0 Å². The molecule has 14 heavy (non-hydrogen) atoms. The molecule has 0 radical (unpaired) electrons. The van der Waals surface area contributed by atoms with Crippen molar-refractivity contribution >= 4 is 17.5 Å². The zero-order valence-electron chi connectivity index (χ0n) is 8.62. The van der Waals surface area contributed by atoms with Gasteiger partial charge in [0.15, 0.2) is 0 Å². The van der Waals surface area contributed by atoms with E-state index in [2.05, 4.69) is 30.1 Å². The largest absolute Gasteiger partial charge is 0.334 e. The summed E-state index contributed by atoms with van der Waals surface area (Å²) in [5.74, 6) is 0.689. The van der Waals surface area contributed by atoms with Crippen LogP contribution in [0.2, 0.25) is 0 Å². The SMILES string of the molecule is CC(C)(C)c1nc(N2CC(F)C2)ns1. The number of hydrogen-bond donors (Lipinski definition) is 0. The van der Waals surface area contributed by atoms with Crippen LogP contribution in [0.5, 0.6) is 0 Å². The van der Waals surface area contributed by atoms with Crippen LogP contribution in [-0.2, 0) is 5.41 Å². The van der Waals surface area contributed by atoms with Crippen molar-refractivity contribution in [1.82, 2.24) is 9.36 Å². The molecule has 1 aliphatic heterocycles. The second-order valence-corrected chi connectivity index (χ2v) is 5.40. The first-order chi connectivity index (χ1) is 6.47. The van der Waals surface area contributed by atoms with Crippen LogP contribution in [0.15, 0.2) is 0 Å². The molecule has 0 bridgehead atoms. The van der Waals surface area contributed by atoms with E-state index in [1.165, 1.54) is 11.5 Å². The Hall–Kier alpha value is -0.710. The summed E-state index contributed by atoms with van der Waals surface area (Å²) >= 11 is 1.41. The van der Waals surface area contributed by atoms with Crippen molar-refractivity contribution in [2.75, 3.05) is 18.0 Å². The molecule has 0 unspecified atom stereocenters. The maximum Gasteiger partial charge on any atom is 0.237 e. The molecule has 2 heterocycles. The molecule has 0 aromatic carbocycles. The third-order valence-corrected chi connectivity index (χ3v) is 3.31. The Morgan fingerprint density at radius 1 is 1.43 bits per heavy atom.